The number of hydrogen-bond donors (Lipinski definition) is 1. The van der Waals surface area contributed by atoms with Crippen LogP contribution in [-0.4, -0.2) is 31.9 Å². The molecule has 0 radical (unpaired) electrons. The van der Waals surface area contributed by atoms with Crippen molar-refractivity contribution in [3.05, 3.63) is 11.6 Å². The van der Waals surface area contributed by atoms with Gasteiger partial charge in [0.1, 0.15) is 18.6 Å². The third kappa shape index (κ3) is 1.75. The molecule has 68 valence electrons. The van der Waals surface area contributed by atoms with Crippen molar-refractivity contribution in [1.29, 1.82) is 0 Å². The van der Waals surface area contributed by atoms with Crippen LogP contribution < -0.4 is 4.90 Å². The molecule has 3 unspecified atom stereocenters. The number of aliphatic imine (C=N–C) groups is 1. The van der Waals surface area contributed by atoms with Crippen molar-refractivity contribution in [1.82, 2.24) is 0 Å². The van der Waals surface area contributed by atoms with Crippen molar-refractivity contribution in [3.63, 3.8) is 0 Å². The van der Waals surface area contributed by atoms with Gasteiger partial charge in [0.15, 0.2) is 0 Å². The average Bonchev–Trinajstić information content (AvgIpc) is 2.05. The molecule has 1 aliphatic heterocycles. The van der Waals surface area contributed by atoms with Crippen LogP contribution in [0.25, 0.3) is 0 Å². The summed E-state index contributed by atoms with van der Waals surface area (Å²) >= 11 is 0. The number of rotatable bonds is 2. The van der Waals surface area contributed by atoms with Gasteiger partial charge in [-0.2, -0.15) is 0 Å². The maximum atomic E-state index is 4.12. The zero-order chi connectivity index (χ0) is 9.14. The van der Waals surface area contributed by atoms with E-state index < -0.39 is 0 Å². The van der Waals surface area contributed by atoms with E-state index in [0.29, 0.717) is 12.1 Å². The second-order valence-electron chi connectivity index (χ2n) is 3.61. The predicted octanol–water partition coefficient (Wildman–Crippen LogP) is 0.309. The van der Waals surface area contributed by atoms with E-state index in [0.717, 1.165) is 6.54 Å². The Bertz CT molecular complexity index is 196. The molecule has 12 heavy (non-hydrogen) atoms. The van der Waals surface area contributed by atoms with Crippen molar-refractivity contribution >= 4 is 6.72 Å². The first-order chi connectivity index (χ1) is 5.69. The maximum Gasteiger partial charge on any atom is 0.119 e. The van der Waals surface area contributed by atoms with E-state index >= 15 is 0 Å². The van der Waals surface area contributed by atoms with Crippen LogP contribution in [0.4, 0.5) is 0 Å². The lowest BCUT2D eigenvalue weighted by molar-refractivity contribution is -0.917. The molecule has 0 aromatic heterocycles. The Morgan fingerprint density at radius 3 is 2.92 bits per heavy atom. The molecule has 0 spiro atoms. The van der Waals surface area contributed by atoms with Crippen LogP contribution in [0.3, 0.4) is 0 Å². The quantitative estimate of drug-likeness (QED) is 0.450. The fourth-order valence-corrected chi connectivity index (χ4v) is 1.89. The van der Waals surface area contributed by atoms with E-state index in [4.69, 9.17) is 0 Å². The Labute approximate surface area is 75.0 Å². The molecule has 0 bridgehead atoms. The summed E-state index contributed by atoms with van der Waals surface area (Å²) in [5.74, 6) is 0. The summed E-state index contributed by atoms with van der Waals surface area (Å²) in [6, 6.07) is 1.00. The Morgan fingerprint density at radius 1 is 1.75 bits per heavy atom. The van der Waals surface area contributed by atoms with Gasteiger partial charge in [0, 0.05) is 0 Å². The van der Waals surface area contributed by atoms with Crippen LogP contribution in [0.15, 0.2) is 16.6 Å². The van der Waals surface area contributed by atoms with Gasteiger partial charge in [-0.25, -0.2) is 0 Å². The molecule has 2 nitrogen and oxygen atoms in total. The van der Waals surface area contributed by atoms with Crippen LogP contribution in [0.2, 0.25) is 0 Å². The molecule has 1 rings (SSSR count). The molecule has 0 aromatic rings. The number of hydrogen-bond acceptors (Lipinski definition) is 1. The van der Waals surface area contributed by atoms with E-state index in [1.807, 2.05) is 0 Å². The van der Waals surface area contributed by atoms with Crippen LogP contribution in [0.5, 0.6) is 0 Å². The van der Waals surface area contributed by atoms with Crippen LogP contribution in [-0.2, 0) is 0 Å². The topological polar surface area (TPSA) is 16.8 Å². The molecule has 0 saturated carbocycles. The summed E-state index contributed by atoms with van der Waals surface area (Å²) in [4.78, 5) is 5.73. The van der Waals surface area contributed by atoms with Gasteiger partial charge < -0.3 is 4.90 Å². The normalized spacial score (nSPS) is 35.9. The first-order valence-electron chi connectivity index (χ1n) is 4.67. The molecule has 0 amide bonds. The lowest BCUT2D eigenvalue weighted by atomic mass is 10.0. The molecule has 2 heteroatoms. The van der Waals surface area contributed by atoms with Crippen molar-refractivity contribution < 1.29 is 4.90 Å². The van der Waals surface area contributed by atoms with E-state index in [1.54, 1.807) is 4.90 Å². The SMILES string of the molecule is C=NC1C[NH+](CC)C(C)C=C1C. The first-order valence-corrected chi connectivity index (χ1v) is 4.67. The van der Waals surface area contributed by atoms with Gasteiger partial charge in [-0.3, -0.25) is 4.99 Å². The minimum Gasteiger partial charge on any atom is -0.328 e. The highest BCUT2D eigenvalue weighted by atomic mass is 15.2. The monoisotopic (exact) mass is 167 g/mol. The molecule has 0 aliphatic carbocycles. The summed E-state index contributed by atoms with van der Waals surface area (Å²) in [7, 11) is 0. The van der Waals surface area contributed by atoms with Crippen molar-refractivity contribution in [3.8, 4) is 0 Å². The molecule has 0 saturated heterocycles. The Kier molecular flexibility index (Phi) is 3.04. The van der Waals surface area contributed by atoms with E-state index in [-0.39, 0.29) is 0 Å². The summed E-state index contributed by atoms with van der Waals surface area (Å²) in [6.07, 6.45) is 2.32. The molecular formula is C10H19N2+. The van der Waals surface area contributed by atoms with Gasteiger partial charge in [0.05, 0.1) is 6.54 Å². The lowest BCUT2D eigenvalue weighted by Gasteiger charge is -2.30. The second-order valence-corrected chi connectivity index (χ2v) is 3.61. The van der Waals surface area contributed by atoms with Gasteiger partial charge in [0.25, 0.3) is 0 Å². The van der Waals surface area contributed by atoms with Gasteiger partial charge >= 0.3 is 0 Å². The fraction of sp³-hybridized carbons (Fsp3) is 0.700. The maximum absolute atomic E-state index is 4.12. The highest BCUT2D eigenvalue weighted by molar-refractivity contribution is 5.28. The first kappa shape index (κ1) is 9.46. The second kappa shape index (κ2) is 3.85. The minimum absolute atomic E-state index is 0.358. The summed E-state index contributed by atoms with van der Waals surface area (Å²) < 4.78 is 0. The van der Waals surface area contributed by atoms with Gasteiger partial charge in [0.2, 0.25) is 0 Å². The van der Waals surface area contributed by atoms with Crippen LogP contribution in [0.1, 0.15) is 20.8 Å². The van der Waals surface area contributed by atoms with Crippen molar-refractivity contribution in [2.45, 2.75) is 32.9 Å². The highest BCUT2D eigenvalue weighted by Crippen LogP contribution is 2.07. The number of nitrogens with zero attached hydrogens (tertiary/aromatic N) is 1. The zero-order valence-electron chi connectivity index (χ0n) is 8.30. The summed E-state index contributed by atoms with van der Waals surface area (Å²) in [5, 5.41) is 0. The third-order valence-corrected chi connectivity index (χ3v) is 2.81. The van der Waals surface area contributed by atoms with Crippen LogP contribution >= 0.6 is 0 Å². The minimum atomic E-state index is 0.358. The molecule has 1 N–H and O–H groups in total. The van der Waals surface area contributed by atoms with Crippen LogP contribution in [0, 0.1) is 0 Å². The third-order valence-electron chi connectivity index (χ3n) is 2.81. The standard InChI is InChI=1S/C10H18N2/c1-5-12-7-10(11-4)8(2)6-9(12)3/h6,9-10H,4-5,7H2,1-3H3/p+1. The summed E-state index contributed by atoms with van der Waals surface area (Å²) in [5.41, 5.74) is 1.38. The van der Waals surface area contributed by atoms with E-state index in [1.165, 1.54) is 12.1 Å². The fourth-order valence-electron chi connectivity index (χ4n) is 1.89. The summed E-state index contributed by atoms with van der Waals surface area (Å²) in [6.45, 7) is 12.6. The molecule has 1 aliphatic rings. The highest BCUT2D eigenvalue weighted by Gasteiger charge is 2.25. The number of quaternary nitrogens is 1. The Hall–Kier alpha value is -0.630. The molecule has 0 fully saturated rings. The smallest absolute Gasteiger partial charge is 0.119 e. The largest absolute Gasteiger partial charge is 0.328 e. The molecule has 0 aromatic carbocycles. The van der Waals surface area contributed by atoms with Crippen molar-refractivity contribution in [2.75, 3.05) is 13.1 Å². The van der Waals surface area contributed by atoms with Crippen molar-refractivity contribution in [2.24, 2.45) is 4.99 Å². The van der Waals surface area contributed by atoms with Gasteiger partial charge in [-0.1, -0.05) is 0 Å². The number of likely N-dealkylation sites (N-methyl/N-ethyl adjacent to an activating group) is 1. The Balaban J connectivity index is 2.74. The van der Waals surface area contributed by atoms with Gasteiger partial charge in [-0.05, 0) is 39.1 Å². The molecule has 3 atom stereocenters. The lowest BCUT2D eigenvalue weighted by Crippen LogP contribution is -3.16. The molecular weight excluding hydrogens is 148 g/mol. The average molecular weight is 167 g/mol. The zero-order valence-corrected chi connectivity index (χ0v) is 8.30. The predicted molar refractivity (Wildman–Crippen MR) is 52.9 cm³/mol. The van der Waals surface area contributed by atoms with E-state index in [9.17, 15) is 0 Å². The Morgan fingerprint density at radius 2 is 2.42 bits per heavy atom. The number of nitrogens with one attached hydrogen (secondary N) is 1. The van der Waals surface area contributed by atoms with E-state index in [2.05, 4.69) is 38.6 Å². The molecule has 1 heterocycles. The van der Waals surface area contributed by atoms with Gasteiger partial charge in [-0.15, -0.1) is 0 Å².